The molecule has 1 fully saturated rings. The first-order valence-corrected chi connectivity index (χ1v) is 11.9. The lowest BCUT2D eigenvalue weighted by atomic mass is 9.83. The number of nitrogens with zero attached hydrogens (tertiary/aromatic N) is 1. The average Bonchev–Trinajstić information content (AvgIpc) is 2.78. The number of nitrogens with one attached hydrogen (secondary N) is 2. The summed E-state index contributed by atoms with van der Waals surface area (Å²) in [5, 5.41) is 12.5. The molecule has 0 atom stereocenters. The Labute approximate surface area is 191 Å². The van der Waals surface area contributed by atoms with Crippen molar-refractivity contribution in [3.8, 4) is 6.07 Å². The van der Waals surface area contributed by atoms with Crippen molar-refractivity contribution in [2.24, 2.45) is 0 Å². The first kappa shape index (κ1) is 23.6. The molecular weight excluding hydrogens is 454 g/mol. The number of hydrogen-bond donors (Lipinski definition) is 2. The van der Waals surface area contributed by atoms with E-state index < -0.39 is 34.0 Å². The van der Waals surface area contributed by atoms with Crippen LogP contribution in [0.25, 0.3) is 0 Å². The molecule has 2 aromatic rings. The molecule has 0 bridgehead atoms. The van der Waals surface area contributed by atoms with E-state index in [1.54, 1.807) is 12.1 Å². The molecule has 1 amide bonds. The topological polar surface area (TPSA) is 125 Å². The number of carbonyl (C=O) groups excluding carboxylic acids is 2. The Morgan fingerprint density at radius 1 is 1.06 bits per heavy atom. The van der Waals surface area contributed by atoms with Crippen molar-refractivity contribution in [2.45, 2.75) is 42.5 Å². The fourth-order valence-corrected chi connectivity index (χ4v) is 4.71. The van der Waals surface area contributed by atoms with Crippen molar-refractivity contribution < 1.29 is 22.7 Å². The van der Waals surface area contributed by atoms with Crippen molar-refractivity contribution in [3.63, 3.8) is 0 Å². The normalized spacial score (nSPS) is 15.2. The van der Waals surface area contributed by atoms with E-state index in [1.807, 2.05) is 0 Å². The van der Waals surface area contributed by atoms with Gasteiger partial charge in [-0.25, -0.2) is 13.2 Å². The molecule has 1 aliphatic rings. The first-order chi connectivity index (χ1) is 15.2. The van der Waals surface area contributed by atoms with Gasteiger partial charge < -0.3 is 10.1 Å². The van der Waals surface area contributed by atoms with Gasteiger partial charge in [0, 0.05) is 5.02 Å². The lowest BCUT2D eigenvalue weighted by molar-refractivity contribution is -0.125. The number of carbonyl (C=O) groups is 2. The second-order valence-electron chi connectivity index (χ2n) is 7.48. The van der Waals surface area contributed by atoms with Crippen LogP contribution < -0.4 is 10.0 Å². The number of hydrogen-bond acceptors (Lipinski definition) is 6. The van der Waals surface area contributed by atoms with E-state index in [9.17, 15) is 23.3 Å². The standard InChI is InChI=1S/C22H22ClN3O5S/c23-16-8-10-17(11-9-16)32(29,30)26-19-7-3-2-6-18(19)21(28)31-14-20(27)25-22(15-24)12-4-1-5-13-22/h2-3,6-11,26H,1,4-5,12-14H2,(H,25,27). The van der Waals surface area contributed by atoms with E-state index in [0.717, 1.165) is 19.3 Å². The van der Waals surface area contributed by atoms with Gasteiger partial charge in [-0.15, -0.1) is 0 Å². The number of amides is 1. The minimum absolute atomic E-state index is 0.00799. The molecule has 3 rings (SSSR count). The second kappa shape index (κ2) is 10.0. The van der Waals surface area contributed by atoms with Crippen LogP contribution in [0, 0.1) is 11.3 Å². The van der Waals surface area contributed by atoms with Crippen LogP contribution in [0.15, 0.2) is 53.4 Å². The van der Waals surface area contributed by atoms with Crippen LogP contribution in [-0.4, -0.2) is 32.4 Å². The third-order valence-corrected chi connectivity index (χ3v) is 6.78. The van der Waals surface area contributed by atoms with Crippen LogP contribution in [0.4, 0.5) is 5.69 Å². The number of anilines is 1. The molecule has 0 radical (unpaired) electrons. The summed E-state index contributed by atoms with van der Waals surface area (Å²) >= 11 is 5.80. The maximum atomic E-state index is 12.6. The number of benzene rings is 2. The van der Waals surface area contributed by atoms with Crippen molar-refractivity contribution in [3.05, 3.63) is 59.1 Å². The zero-order valence-corrected chi connectivity index (χ0v) is 18.7. The number of esters is 1. The zero-order chi connectivity index (χ0) is 23.2. The van der Waals surface area contributed by atoms with Crippen LogP contribution in [-0.2, 0) is 19.6 Å². The van der Waals surface area contributed by atoms with Crippen molar-refractivity contribution in [1.82, 2.24) is 5.32 Å². The van der Waals surface area contributed by atoms with Crippen LogP contribution >= 0.6 is 11.6 Å². The number of rotatable bonds is 7. The smallest absolute Gasteiger partial charge is 0.340 e. The highest BCUT2D eigenvalue weighted by molar-refractivity contribution is 7.92. The van der Waals surface area contributed by atoms with Gasteiger partial charge in [0.15, 0.2) is 6.61 Å². The lowest BCUT2D eigenvalue weighted by Crippen LogP contribution is -2.50. The zero-order valence-electron chi connectivity index (χ0n) is 17.1. The summed E-state index contributed by atoms with van der Waals surface area (Å²) in [4.78, 5) is 24.8. The number of nitriles is 1. The molecule has 8 nitrogen and oxygen atoms in total. The monoisotopic (exact) mass is 475 g/mol. The van der Waals surface area contributed by atoms with E-state index in [4.69, 9.17) is 16.3 Å². The van der Waals surface area contributed by atoms with Crippen molar-refractivity contribution in [2.75, 3.05) is 11.3 Å². The quantitative estimate of drug-likeness (QED) is 0.589. The Balaban J connectivity index is 1.67. The molecule has 0 spiro atoms. The molecular formula is C22H22ClN3O5S. The largest absolute Gasteiger partial charge is 0.452 e. The summed E-state index contributed by atoms with van der Waals surface area (Å²) in [5.74, 6) is -1.45. The third kappa shape index (κ3) is 5.78. The Kier molecular flexibility index (Phi) is 7.38. The molecule has 0 heterocycles. The summed E-state index contributed by atoms with van der Waals surface area (Å²) in [6.07, 6.45) is 3.80. The van der Waals surface area contributed by atoms with Gasteiger partial charge in [-0.1, -0.05) is 43.0 Å². The van der Waals surface area contributed by atoms with Gasteiger partial charge in [-0.3, -0.25) is 9.52 Å². The molecule has 0 aliphatic heterocycles. The molecule has 32 heavy (non-hydrogen) atoms. The molecule has 2 aromatic carbocycles. The van der Waals surface area contributed by atoms with E-state index in [0.29, 0.717) is 17.9 Å². The predicted molar refractivity (Wildman–Crippen MR) is 119 cm³/mol. The highest BCUT2D eigenvalue weighted by atomic mass is 35.5. The Bertz CT molecular complexity index is 1140. The molecule has 1 saturated carbocycles. The summed E-state index contributed by atoms with van der Waals surface area (Å²) in [6, 6.07) is 13.6. The van der Waals surface area contributed by atoms with Gasteiger partial charge in [-0.2, -0.15) is 5.26 Å². The summed E-state index contributed by atoms with van der Waals surface area (Å²) < 4.78 is 32.7. The molecule has 2 N–H and O–H groups in total. The van der Waals surface area contributed by atoms with Crippen LogP contribution in [0.5, 0.6) is 0 Å². The van der Waals surface area contributed by atoms with Crippen molar-refractivity contribution >= 4 is 39.2 Å². The van der Waals surface area contributed by atoms with Gasteiger partial charge in [-0.05, 0) is 49.2 Å². The summed E-state index contributed by atoms with van der Waals surface area (Å²) in [5.41, 5.74) is -0.979. The molecule has 0 saturated heterocycles. The highest BCUT2D eigenvalue weighted by Crippen LogP contribution is 2.27. The molecule has 0 unspecified atom stereocenters. The van der Waals surface area contributed by atoms with E-state index in [-0.39, 0.29) is 16.1 Å². The summed E-state index contributed by atoms with van der Waals surface area (Å²) in [7, 11) is -3.98. The minimum Gasteiger partial charge on any atom is -0.452 e. The fraction of sp³-hybridized carbons (Fsp3) is 0.318. The predicted octanol–water partition coefficient (Wildman–Crippen LogP) is 3.64. The summed E-state index contributed by atoms with van der Waals surface area (Å²) in [6.45, 7) is -0.583. The minimum atomic E-state index is -3.98. The second-order valence-corrected chi connectivity index (χ2v) is 9.60. The number of para-hydroxylation sites is 1. The number of halogens is 1. The van der Waals surface area contributed by atoms with Crippen LogP contribution in [0.2, 0.25) is 5.02 Å². The van der Waals surface area contributed by atoms with Crippen molar-refractivity contribution in [1.29, 1.82) is 5.26 Å². The van der Waals surface area contributed by atoms with E-state index in [2.05, 4.69) is 16.1 Å². The average molecular weight is 476 g/mol. The third-order valence-electron chi connectivity index (χ3n) is 5.15. The van der Waals surface area contributed by atoms with Gasteiger partial charge in [0.1, 0.15) is 5.54 Å². The number of sulfonamides is 1. The lowest BCUT2D eigenvalue weighted by Gasteiger charge is -2.31. The highest BCUT2D eigenvalue weighted by Gasteiger charge is 2.33. The number of ether oxygens (including phenoxy) is 1. The molecule has 1 aliphatic carbocycles. The van der Waals surface area contributed by atoms with Crippen LogP contribution in [0.3, 0.4) is 0 Å². The maximum absolute atomic E-state index is 12.6. The molecule has 0 aromatic heterocycles. The Hall–Kier alpha value is -3.09. The van der Waals surface area contributed by atoms with Gasteiger partial charge in [0.05, 0.1) is 22.2 Å². The SMILES string of the molecule is N#CC1(NC(=O)COC(=O)c2ccccc2NS(=O)(=O)c2ccc(Cl)cc2)CCCCC1. The first-order valence-electron chi connectivity index (χ1n) is 10.0. The van der Waals surface area contributed by atoms with Gasteiger partial charge in [0.25, 0.3) is 15.9 Å². The maximum Gasteiger partial charge on any atom is 0.340 e. The molecule has 168 valence electrons. The van der Waals surface area contributed by atoms with E-state index >= 15 is 0 Å². The Morgan fingerprint density at radius 3 is 2.38 bits per heavy atom. The molecule has 10 heteroatoms. The fourth-order valence-electron chi connectivity index (χ4n) is 3.50. The van der Waals surface area contributed by atoms with E-state index in [1.165, 1.54) is 36.4 Å². The van der Waals surface area contributed by atoms with Crippen LogP contribution in [0.1, 0.15) is 42.5 Å². The Morgan fingerprint density at radius 2 is 1.72 bits per heavy atom. The van der Waals surface area contributed by atoms with Gasteiger partial charge >= 0.3 is 5.97 Å². The van der Waals surface area contributed by atoms with Gasteiger partial charge in [0.2, 0.25) is 0 Å².